The van der Waals surface area contributed by atoms with E-state index in [0.29, 0.717) is 0 Å². The van der Waals surface area contributed by atoms with E-state index in [1.165, 1.54) is 22.3 Å². The van der Waals surface area contributed by atoms with E-state index in [-0.39, 0.29) is 12.4 Å². The maximum Gasteiger partial charge on any atom is 0.123 e. The van der Waals surface area contributed by atoms with Gasteiger partial charge in [0.05, 0.1) is 7.11 Å². The van der Waals surface area contributed by atoms with Crippen molar-refractivity contribution in [3.63, 3.8) is 0 Å². The van der Waals surface area contributed by atoms with E-state index in [4.69, 9.17) is 4.74 Å². The Morgan fingerprint density at radius 1 is 0.708 bits per heavy atom. The molecule has 0 saturated heterocycles. The Labute approximate surface area is 149 Å². The Balaban J connectivity index is 0.00000208. The van der Waals surface area contributed by atoms with E-state index in [1.54, 1.807) is 7.11 Å². The summed E-state index contributed by atoms with van der Waals surface area (Å²) in [4.78, 5) is 0. The van der Waals surface area contributed by atoms with Crippen LogP contribution in [0, 0.1) is 0 Å². The van der Waals surface area contributed by atoms with E-state index < -0.39 is 0 Å². The van der Waals surface area contributed by atoms with Gasteiger partial charge < -0.3 is 10.1 Å². The van der Waals surface area contributed by atoms with Crippen LogP contribution in [0.3, 0.4) is 0 Å². The van der Waals surface area contributed by atoms with Gasteiger partial charge in [-0.15, -0.1) is 12.4 Å². The van der Waals surface area contributed by atoms with E-state index >= 15 is 0 Å². The average Bonchev–Trinajstić information content (AvgIpc) is 2.63. The van der Waals surface area contributed by atoms with Crippen molar-refractivity contribution in [2.75, 3.05) is 7.11 Å². The van der Waals surface area contributed by atoms with Crippen molar-refractivity contribution in [3.05, 3.63) is 90.0 Å². The third kappa shape index (κ3) is 4.60. The van der Waals surface area contributed by atoms with Gasteiger partial charge in [-0.05, 0) is 22.8 Å². The SMILES string of the molecule is COc1ccccc1CNCc1ccc(-c2ccccc2)cc1.Cl. The molecule has 0 aliphatic heterocycles. The van der Waals surface area contributed by atoms with Gasteiger partial charge in [-0.25, -0.2) is 0 Å². The second-order valence-corrected chi connectivity index (χ2v) is 5.48. The first-order chi connectivity index (χ1) is 11.4. The molecule has 124 valence electrons. The topological polar surface area (TPSA) is 21.3 Å². The lowest BCUT2D eigenvalue weighted by Gasteiger charge is -2.10. The standard InChI is InChI=1S/C21H21NO.ClH/c1-23-21-10-6-5-9-20(21)16-22-15-17-11-13-19(14-12-17)18-7-3-2-4-8-18;/h2-14,22H,15-16H2,1H3;1H. The van der Waals surface area contributed by atoms with Crippen molar-refractivity contribution in [2.24, 2.45) is 0 Å². The molecule has 0 saturated carbocycles. The summed E-state index contributed by atoms with van der Waals surface area (Å²) in [5.41, 5.74) is 4.95. The molecule has 0 aromatic heterocycles. The van der Waals surface area contributed by atoms with E-state index in [0.717, 1.165) is 18.8 Å². The molecule has 1 N–H and O–H groups in total. The molecule has 2 nitrogen and oxygen atoms in total. The maximum absolute atomic E-state index is 5.37. The molecule has 0 atom stereocenters. The van der Waals surface area contributed by atoms with Crippen molar-refractivity contribution < 1.29 is 4.74 Å². The van der Waals surface area contributed by atoms with Gasteiger partial charge in [0, 0.05) is 18.7 Å². The molecular weight excluding hydrogens is 318 g/mol. The fourth-order valence-corrected chi connectivity index (χ4v) is 2.64. The monoisotopic (exact) mass is 339 g/mol. The Morgan fingerprint density at radius 2 is 1.33 bits per heavy atom. The van der Waals surface area contributed by atoms with Crippen LogP contribution in [0.4, 0.5) is 0 Å². The minimum Gasteiger partial charge on any atom is -0.496 e. The van der Waals surface area contributed by atoms with Gasteiger partial charge in [0.15, 0.2) is 0 Å². The van der Waals surface area contributed by atoms with E-state index in [2.05, 4.69) is 59.9 Å². The number of hydrogen-bond acceptors (Lipinski definition) is 2. The number of rotatable bonds is 6. The highest BCUT2D eigenvalue weighted by molar-refractivity contribution is 5.85. The minimum atomic E-state index is 0. The van der Waals surface area contributed by atoms with Gasteiger partial charge in [0.1, 0.15) is 5.75 Å². The van der Waals surface area contributed by atoms with E-state index in [1.807, 2.05) is 24.3 Å². The molecule has 0 fully saturated rings. The predicted octanol–water partition coefficient (Wildman–Crippen LogP) is 5.07. The van der Waals surface area contributed by atoms with Crippen LogP contribution in [-0.4, -0.2) is 7.11 Å². The summed E-state index contributed by atoms with van der Waals surface area (Å²) < 4.78 is 5.37. The van der Waals surface area contributed by atoms with Gasteiger partial charge >= 0.3 is 0 Å². The number of para-hydroxylation sites is 1. The molecule has 0 bridgehead atoms. The molecule has 3 aromatic rings. The van der Waals surface area contributed by atoms with Crippen LogP contribution >= 0.6 is 12.4 Å². The molecule has 0 aliphatic carbocycles. The summed E-state index contributed by atoms with van der Waals surface area (Å²) in [5.74, 6) is 0.930. The lowest BCUT2D eigenvalue weighted by atomic mass is 10.0. The Hall–Kier alpha value is -2.29. The summed E-state index contributed by atoms with van der Waals surface area (Å²) in [6.07, 6.45) is 0. The predicted molar refractivity (Wildman–Crippen MR) is 103 cm³/mol. The number of halogens is 1. The molecule has 3 heteroatoms. The van der Waals surface area contributed by atoms with Crippen molar-refractivity contribution >= 4 is 12.4 Å². The maximum atomic E-state index is 5.37. The summed E-state index contributed by atoms with van der Waals surface area (Å²) in [5, 5.41) is 3.47. The molecule has 3 rings (SSSR count). The summed E-state index contributed by atoms with van der Waals surface area (Å²) in [7, 11) is 1.71. The number of hydrogen-bond donors (Lipinski definition) is 1. The Kier molecular flexibility index (Phi) is 6.86. The molecular formula is C21H22ClNO. The van der Waals surface area contributed by atoms with Crippen molar-refractivity contribution in [1.29, 1.82) is 0 Å². The molecule has 0 amide bonds. The minimum absolute atomic E-state index is 0. The molecule has 0 heterocycles. The fraction of sp³-hybridized carbons (Fsp3) is 0.143. The van der Waals surface area contributed by atoms with Crippen LogP contribution in [0.1, 0.15) is 11.1 Å². The van der Waals surface area contributed by atoms with Gasteiger partial charge in [-0.2, -0.15) is 0 Å². The summed E-state index contributed by atoms with van der Waals surface area (Å²) in [6, 6.07) is 27.3. The highest BCUT2D eigenvalue weighted by Gasteiger charge is 2.01. The number of benzene rings is 3. The lowest BCUT2D eigenvalue weighted by Crippen LogP contribution is -2.13. The van der Waals surface area contributed by atoms with Crippen LogP contribution in [0.2, 0.25) is 0 Å². The van der Waals surface area contributed by atoms with Crippen molar-refractivity contribution in [1.82, 2.24) is 5.32 Å². The van der Waals surface area contributed by atoms with E-state index in [9.17, 15) is 0 Å². The van der Waals surface area contributed by atoms with Crippen molar-refractivity contribution in [2.45, 2.75) is 13.1 Å². The number of nitrogens with one attached hydrogen (secondary N) is 1. The molecule has 0 spiro atoms. The second kappa shape index (κ2) is 9.11. The Morgan fingerprint density at radius 3 is 2.04 bits per heavy atom. The third-order valence-corrected chi connectivity index (χ3v) is 3.90. The van der Waals surface area contributed by atoms with Crippen LogP contribution < -0.4 is 10.1 Å². The number of methoxy groups -OCH3 is 1. The third-order valence-electron chi connectivity index (χ3n) is 3.90. The van der Waals surface area contributed by atoms with Gasteiger partial charge in [-0.1, -0.05) is 72.8 Å². The smallest absolute Gasteiger partial charge is 0.123 e. The van der Waals surface area contributed by atoms with Crippen LogP contribution in [0.25, 0.3) is 11.1 Å². The molecule has 0 radical (unpaired) electrons. The van der Waals surface area contributed by atoms with Gasteiger partial charge in [0.2, 0.25) is 0 Å². The van der Waals surface area contributed by atoms with Gasteiger partial charge in [0.25, 0.3) is 0 Å². The van der Waals surface area contributed by atoms with Crippen LogP contribution in [-0.2, 0) is 13.1 Å². The zero-order valence-corrected chi connectivity index (χ0v) is 14.6. The molecule has 24 heavy (non-hydrogen) atoms. The zero-order valence-electron chi connectivity index (χ0n) is 13.7. The number of ether oxygens (including phenoxy) is 1. The largest absolute Gasteiger partial charge is 0.496 e. The molecule has 0 aliphatic rings. The lowest BCUT2D eigenvalue weighted by molar-refractivity contribution is 0.407. The first-order valence-corrected chi connectivity index (χ1v) is 7.84. The highest BCUT2D eigenvalue weighted by Crippen LogP contribution is 2.20. The fourth-order valence-electron chi connectivity index (χ4n) is 2.64. The van der Waals surface area contributed by atoms with Crippen LogP contribution in [0.5, 0.6) is 5.75 Å². The van der Waals surface area contributed by atoms with Crippen molar-refractivity contribution in [3.8, 4) is 16.9 Å². The highest BCUT2D eigenvalue weighted by atomic mass is 35.5. The molecule has 0 unspecified atom stereocenters. The summed E-state index contributed by atoms with van der Waals surface area (Å²) in [6.45, 7) is 1.64. The van der Waals surface area contributed by atoms with Crippen LogP contribution in [0.15, 0.2) is 78.9 Å². The zero-order chi connectivity index (χ0) is 15.9. The second-order valence-electron chi connectivity index (χ2n) is 5.48. The first-order valence-electron chi connectivity index (χ1n) is 7.84. The quantitative estimate of drug-likeness (QED) is 0.676. The first kappa shape index (κ1) is 18.1. The van der Waals surface area contributed by atoms with Gasteiger partial charge in [-0.3, -0.25) is 0 Å². The average molecular weight is 340 g/mol. The molecule has 3 aromatic carbocycles. The summed E-state index contributed by atoms with van der Waals surface area (Å²) >= 11 is 0. The normalized spacial score (nSPS) is 10.0. The Bertz CT molecular complexity index is 741.